The fourth-order valence-corrected chi connectivity index (χ4v) is 1.72. The van der Waals surface area contributed by atoms with Crippen LogP contribution in [0.2, 0.25) is 0 Å². The first-order chi connectivity index (χ1) is 9.16. The molecule has 2 aromatic heterocycles. The smallest absolute Gasteiger partial charge is 0.196 e. The van der Waals surface area contributed by atoms with Crippen molar-refractivity contribution in [3.8, 4) is 0 Å². The summed E-state index contributed by atoms with van der Waals surface area (Å²) in [7, 11) is 0. The molecule has 0 aliphatic rings. The maximum atomic E-state index is 13.5. The monoisotopic (exact) mass is 264 g/mol. The molecule has 0 bridgehead atoms. The molecule has 0 saturated heterocycles. The Morgan fingerprint density at radius 1 is 1.00 bits per heavy atom. The van der Waals surface area contributed by atoms with E-state index in [1.807, 2.05) is 0 Å². The number of anilines is 2. The van der Waals surface area contributed by atoms with Crippen LogP contribution in [0.3, 0.4) is 0 Å². The van der Waals surface area contributed by atoms with E-state index in [-0.39, 0.29) is 5.69 Å². The Labute approximate surface area is 105 Å². The Morgan fingerprint density at radius 2 is 1.84 bits per heavy atom. The third-order valence-corrected chi connectivity index (χ3v) is 2.64. The van der Waals surface area contributed by atoms with E-state index in [1.165, 1.54) is 6.33 Å². The maximum absolute atomic E-state index is 13.5. The highest BCUT2D eigenvalue weighted by Crippen LogP contribution is 2.25. The van der Waals surface area contributed by atoms with Gasteiger partial charge in [0.25, 0.3) is 0 Å². The van der Waals surface area contributed by atoms with Gasteiger partial charge in [-0.25, -0.2) is 23.1 Å². The maximum Gasteiger partial charge on any atom is 0.196 e. The molecule has 0 aliphatic heterocycles. The van der Waals surface area contributed by atoms with Crippen LogP contribution in [0.4, 0.5) is 24.7 Å². The van der Waals surface area contributed by atoms with E-state index in [0.717, 1.165) is 12.1 Å². The Hall–Kier alpha value is -2.57. The molecule has 0 atom stereocenters. The molecular formula is C12H7F3N4. The van der Waals surface area contributed by atoms with Gasteiger partial charge in [0.05, 0.1) is 11.1 Å². The Bertz CT molecular complexity index is 754. The van der Waals surface area contributed by atoms with Crippen LogP contribution in [0.15, 0.2) is 30.7 Å². The van der Waals surface area contributed by atoms with Gasteiger partial charge < -0.3 is 10.3 Å². The number of nitrogens with one attached hydrogen (secondary N) is 2. The van der Waals surface area contributed by atoms with Crippen molar-refractivity contribution in [3.63, 3.8) is 0 Å². The summed E-state index contributed by atoms with van der Waals surface area (Å²) in [5.41, 5.74) is 0.362. The number of halogens is 3. The van der Waals surface area contributed by atoms with Gasteiger partial charge in [0.1, 0.15) is 17.8 Å². The highest BCUT2D eigenvalue weighted by Gasteiger charge is 2.14. The molecular weight excluding hydrogens is 257 g/mol. The van der Waals surface area contributed by atoms with Crippen molar-refractivity contribution >= 4 is 22.5 Å². The van der Waals surface area contributed by atoms with Gasteiger partial charge in [-0.2, -0.15) is 0 Å². The molecule has 3 aromatic rings. The van der Waals surface area contributed by atoms with Crippen molar-refractivity contribution in [2.24, 2.45) is 0 Å². The Kier molecular flexibility index (Phi) is 2.59. The van der Waals surface area contributed by atoms with E-state index < -0.39 is 17.5 Å². The molecule has 19 heavy (non-hydrogen) atoms. The highest BCUT2D eigenvalue weighted by atomic mass is 19.2. The first-order valence-electron chi connectivity index (χ1n) is 5.35. The zero-order chi connectivity index (χ0) is 13.4. The lowest BCUT2D eigenvalue weighted by atomic mass is 10.2. The molecule has 0 aliphatic carbocycles. The van der Waals surface area contributed by atoms with Gasteiger partial charge in [-0.05, 0) is 18.2 Å². The molecule has 4 nitrogen and oxygen atoms in total. The number of rotatable bonds is 2. The molecule has 0 radical (unpaired) electrons. The molecule has 2 heterocycles. The minimum atomic E-state index is -1.52. The first-order valence-corrected chi connectivity index (χ1v) is 5.35. The van der Waals surface area contributed by atoms with E-state index >= 15 is 0 Å². The summed E-state index contributed by atoms with van der Waals surface area (Å²) < 4.78 is 39.5. The third-order valence-electron chi connectivity index (χ3n) is 2.64. The molecule has 0 saturated carbocycles. The molecule has 0 spiro atoms. The van der Waals surface area contributed by atoms with Gasteiger partial charge in [0, 0.05) is 6.20 Å². The quantitative estimate of drug-likeness (QED) is 0.699. The van der Waals surface area contributed by atoms with Crippen molar-refractivity contribution in [2.45, 2.75) is 0 Å². The number of benzene rings is 1. The predicted molar refractivity (Wildman–Crippen MR) is 63.5 cm³/mol. The molecule has 96 valence electrons. The van der Waals surface area contributed by atoms with Gasteiger partial charge in [-0.3, -0.25) is 0 Å². The van der Waals surface area contributed by atoms with Crippen LogP contribution >= 0.6 is 0 Å². The largest absolute Gasteiger partial charge is 0.346 e. The van der Waals surface area contributed by atoms with Crippen LogP contribution in [-0.4, -0.2) is 15.0 Å². The van der Waals surface area contributed by atoms with Crippen molar-refractivity contribution in [3.05, 3.63) is 48.2 Å². The Balaban J connectivity index is 2.06. The summed E-state index contributed by atoms with van der Waals surface area (Å²) in [5, 5.41) is 3.23. The zero-order valence-electron chi connectivity index (χ0n) is 9.42. The van der Waals surface area contributed by atoms with Gasteiger partial charge in [0.2, 0.25) is 0 Å². The molecule has 0 amide bonds. The number of fused-ring (bicyclic) bond motifs is 1. The minimum absolute atomic E-state index is 0.194. The lowest BCUT2D eigenvalue weighted by Crippen LogP contribution is -2.00. The standard InChI is InChI=1S/C12H7F3N4/c13-7-1-2-8(10(15)9(7)14)19-12-6-3-4-16-11(6)17-5-18-12/h1-5H,(H2,16,17,18,19). The fourth-order valence-electron chi connectivity index (χ4n) is 1.72. The van der Waals surface area contributed by atoms with Crippen LogP contribution in [0, 0.1) is 17.5 Å². The average molecular weight is 264 g/mol. The lowest BCUT2D eigenvalue weighted by Gasteiger charge is -2.08. The van der Waals surface area contributed by atoms with Crippen molar-refractivity contribution in [1.29, 1.82) is 0 Å². The molecule has 0 fully saturated rings. The second kappa shape index (κ2) is 4.27. The third kappa shape index (κ3) is 1.88. The summed E-state index contributed by atoms with van der Waals surface area (Å²) in [5.74, 6) is -3.75. The summed E-state index contributed by atoms with van der Waals surface area (Å²) in [6, 6.07) is 3.64. The number of hydrogen-bond donors (Lipinski definition) is 2. The number of aromatic amines is 1. The second-order valence-electron chi connectivity index (χ2n) is 3.81. The van der Waals surface area contributed by atoms with Crippen molar-refractivity contribution in [2.75, 3.05) is 5.32 Å². The summed E-state index contributed by atoms with van der Waals surface area (Å²) in [4.78, 5) is 10.8. The molecule has 2 N–H and O–H groups in total. The first kappa shape index (κ1) is 11.5. The van der Waals surface area contributed by atoms with Gasteiger partial charge in [-0.1, -0.05) is 0 Å². The molecule has 7 heteroatoms. The number of hydrogen-bond acceptors (Lipinski definition) is 3. The van der Waals surface area contributed by atoms with Crippen LogP contribution in [0.1, 0.15) is 0 Å². The molecule has 3 rings (SSSR count). The highest BCUT2D eigenvalue weighted by molar-refractivity contribution is 5.88. The van der Waals surface area contributed by atoms with Gasteiger partial charge in [0.15, 0.2) is 17.5 Å². The minimum Gasteiger partial charge on any atom is -0.346 e. The fraction of sp³-hybridized carbons (Fsp3) is 0. The SMILES string of the molecule is Fc1ccc(Nc2ncnc3[nH]ccc23)c(F)c1F. The second-order valence-corrected chi connectivity index (χ2v) is 3.81. The molecule has 1 aromatic carbocycles. The van der Waals surface area contributed by atoms with Gasteiger partial charge >= 0.3 is 0 Å². The average Bonchev–Trinajstić information content (AvgIpc) is 2.89. The topological polar surface area (TPSA) is 53.6 Å². The summed E-state index contributed by atoms with van der Waals surface area (Å²) >= 11 is 0. The zero-order valence-corrected chi connectivity index (χ0v) is 9.42. The number of nitrogens with zero attached hydrogens (tertiary/aromatic N) is 2. The van der Waals surface area contributed by atoms with E-state index in [4.69, 9.17) is 0 Å². The summed E-state index contributed by atoms with van der Waals surface area (Å²) in [6.45, 7) is 0. The van der Waals surface area contributed by atoms with Crippen LogP contribution in [0.5, 0.6) is 0 Å². The van der Waals surface area contributed by atoms with E-state index in [9.17, 15) is 13.2 Å². The number of aromatic nitrogens is 3. The van der Waals surface area contributed by atoms with Gasteiger partial charge in [-0.15, -0.1) is 0 Å². The lowest BCUT2D eigenvalue weighted by molar-refractivity contribution is 0.449. The van der Waals surface area contributed by atoms with Crippen LogP contribution in [0.25, 0.3) is 11.0 Å². The van der Waals surface area contributed by atoms with Crippen molar-refractivity contribution < 1.29 is 13.2 Å². The predicted octanol–water partition coefficient (Wildman–Crippen LogP) is 3.12. The summed E-state index contributed by atoms with van der Waals surface area (Å²) in [6.07, 6.45) is 2.92. The van der Waals surface area contributed by atoms with E-state index in [1.54, 1.807) is 12.3 Å². The normalized spacial score (nSPS) is 10.9. The van der Waals surface area contributed by atoms with E-state index in [2.05, 4.69) is 20.3 Å². The number of H-pyrrole nitrogens is 1. The van der Waals surface area contributed by atoms with Crippen LogP contribution in [-0.2, 0) is 0 Å². The van der Waals surface area contributed by atoms with Crippen molar-refractivity contribution in [1.82, 2.24) is 15.0 Å². The molecule has 0 unspecified atom stereocenters. The van der Waals surface area contributed by atoms with E-state index in [0.29, 0.717) is 16.9 Å². The van der Waals surface area contributed by atoms with Crippen LogP contribution < -0.4 is 5.32 Å². The Morgan fingerprint density at radius 3 is 2.68 bits per heavy atom.